The third kappa shape index (κ3) is 1.93. The van der Waals surface area contributed by atoms with Crippen molar-refractivity contribution in [2.24, 2.45) is 0 Å². The number of H-pyrrole nitrogens is 2. The van der Waals surface area contributed by atoms with Crippen molar-refractivity contribution in [1.82, 2.24) is 19.9 Å². The van der Waals surface area contributed by atoms with E-state index in [0.29, 0.717) is 11.3 Å². The van der Waals surface area contributed by atoms with Gasteiger partial charge < -0.3 is 0 Å². The third-order valence-corrected chi connectivity index (χ3v) is 1.36. The SMILES string of the molecule is CC.Cc1cnc2[nH]c(=O)[nH]c2n1. The van der Waals surface area contributed by atoms with Crippen LogP contribution in [-0.4, -0.2) is 19.9 Å². The van der Waals surface area contributed by atoms with Crippen LogP contribution in [0.1, 0.15) is 19.5 Å². The van der Waals surface area contributed by atoms with Crippen LogP contribution in [0.3, 0.4) is 0 Å². The van der Waals surface area contributed by atoms with Crippen molar-refractivity contribution in [2.45, 2.75) is 20.8 Å². The number of hydrogen-bond acceptors (Lipinski definition) is 3. The molecule has 5 heteroatoms. The van der Waals surface area contributed by atoms with Gasteiger partial charge in [-0.3, -0.25) is 9.97 Å². The number of aromatic nitrogens is 4. The highest BCUT2D eigenvalue weighted by molar-refractivity contribution is 5.63. The van der Waals surface area contributed by atoms with Crippen LogP contribution >= 0.6 is 0 Å². The van der Waals surface area contributed by atoms with E-state index >= 15 is 0 Å². The van der Waals surface area contributed by atoms with Gasteiger partial charge in [0.15, 0.2) is 11.3 Å². The highest BCUT2D eigenvalue weighted by Crippen LogP contribution is 1.98. The Balaban J connectivity index is 0.000000396. The van der Waals surface area contributed by atoms with Gasteiger partial charge in [-0.25, -0.2) is 14.8 Å². The van der Waals surface area contributed by atoms with Crippen LogP contribution in [0, 0.1) is 6.92 Å². The minimum Gasteiger partial charge on any atom is -0.289 e. The van der Waals surface area contributed by atoms with E-state index in [0.717, 1.165) is 5.69 Å². The number of nitrogens with one attached hydrogen (secondary N) is 2. The van der Waals surface area contributed by atoms with Crippen molar-refractivity contribution >= 4 is 11.3 Å². The highest BCUT2D eigenvalue weighted by atomic mass is 16.1. The number of aryl methyl sites for hydroxylation is 1. The fourth-order valence-electron chi connectivity index (χ4n) is 0.902. The average molecular weight is 180 g/mol. The molecule has 2 rings (SSSR count). The van der Waals surface area contributed by atoms with E-state index in [1.54, 1.807) is 6.20 Å². The Labute approximate surface area is 75.2 Å². The highest BCUT2D eigenvalue weighted by Gasteiger charge is 1.98. The summed E-state index contributed by atoms with van der Waals surface area (Å²) < 4.78 is 0. The molecule has 2 aromatic heterocycles. The van der Waals surface area contributed by atoms with Gasteiger partial charge in [-0.2, -0.15) is 0 Å². The van der Waals surface area contributed by atoms with Gasteiger partial charge in [0.05, 0.1) is 11.9 Å². The van der Waals surface area contributed by atoms with Gasteiger partial charge in [-0.15, -0.1) is 0 Å². The van der Waals surface area contributed by atoms with Gasteiger partial charge in [-0.05, 0) is 6.92 Å². The number of nitrogens with zero attached hydrogens (tertiary/aromatic N) is 2. The van der Waals surface area contributed by atoms with E-state index in [1.807, 2.05) is 20.8 Å². The number of hydrogen-bond donors (Lipinski definition) is 2. The summed E-state index contributed by atoms with van der Waals surface area (Å²) in [6, 6.07) is 0. The average Bonchev–Trinajstić information content (AvgIpc) is 2.48. The standard InChI is InChI=1S/C6H6N4O.C2H6/c1-3-2-7-4-5(8-3)10-6(11)9-4;1-2/h2H,1H3,(H2,7,8,9,10,11);1-2H3. The van der Waals surface area contributed by atoms with Crippen molar-refractivity contribution in [3.8, 4) is 0 Å². The lowest BCUT2D eigenvalue weighted by Gasteiger charge is -1.87. The fourth-order valence-corrected chi connectivity index (χ4v) is 0.902. The zero-order valence-electron chi connectivity index (χ0n) is 7.88. The summed E-state index contributed by atoms with van der Waals surface area (Å²) in [4.78, 5) is 23.7. The fraction of sp³-hybridized carbons (Fsp3) is 0.375. The van der Waals surface area contributed by atoms with Gasteiger partial charge in [0.1, 0.15) is 0 Å². The Morgan fingerprint density at radius 1 is 1.23 bits per heavy atom. The van der Waals surface area contributed by atoms with Crippen LogP contribution in [0.25, 0.3) is 11.3 Å². The topological polar surface area (TPSA) is 74.4 Å². The molecule has 0 fully saturated rings. The first-order chi connectivity index (χ1) is 6.25. The molecule has 0 aliphatic carbocycles. The number of rotatable bonds is 0. The molecule has 0 aliphatic rings. The summed E-state index contributed by atoms with van der Waals surface area (Å²) >= 11 is 0. The van der Waals surface area contributed by atoms with E-state index in [1.165, 1.54) is 0 Å². The van der Waals surface area contributed by atoms with Crippen molar-refractivity contribution in [3.63, 3.8) is 0 Å². The normalized spacial score (nSPS) is 9.46. The second-order valence-electron chi connectivity index (χ2n) is 2.29. The first-order valence-corrected chi connectivity index (χ1v) is 4.17. The Hall–Kier alpha value is -1.65. The molecule has 0 saturated carbocycles. The van der Waals surface area contributed by atoms with Crippen molar-refractivity contribution in [2.75, 3.05) is 0 Å². The van der Waals surface area contributed by atoms with Gasteiger partial charge >= 0.3 is 5.69 Å². The van der Waals surface area contributed by atoms with E-state index in [-0.39, 0.29) is 5.69 Å². The molecule has 2 aromatic rings. The molecule has 0 spiro atoms. The predicted octanol–water partition coefficient (Wildman–Crippen LogP) is 0.981. The lowest BCUT2D eigenvalue weighted by atomic mass is 10.5. The monoisotopic (exact) mass is 180 g/mol. The minimum absolute atomic E-state index is 0.273. The third-order valence-electron chi connectivity index (χ3n) is 1.36. The summed E-state index contributed by atoms with van der Waals surface area (Å²) in [5, 5.41) is 0. The predicted molar refractivity (Wildman–Crippen MR) is 50.6 cm³/mol. The summed E-state index contributed by atoms with van der Waals surface area (Å²) in [6.07, 6.45) is 1.60. The maximum atomic E-state index is 10.7. The van der Waals surface area contributed by atoms with Crippen LogP contribution < -0.4 is 5.69 Å². The van der Waals surface area contributed by atoms with E-state index in [9.17, 15) is 4.79 Å². The summed E-state index contributed by atoms with van der Waals surface area (Å²) in [7, 11) is 0. The van der Waals surface area contributed by atoms with Crippen LogP contribution in [0.2, 0.25) is 0 Å². The number of aromatic amines is 2. The summed E-state index contributed by atoms with van der Waals surface area (Å²) in [5.41, 5.74) is 1.52. The molecule has 13 heavy (non-hydrogen) atoms. The van der Waals surface area contributed by atoms with Crippen molar-refractivity contribution in [1.29, 1.82) is 0 Å². The summed E-state index contributed by atoms with van der Waals surface area (Å²) in [6.45, 7) is 5.82. The lowest BCUT2D eigenvalue weighted by molar-refractivity contribution is 1.16. The molecule has 2 N–H and O–H groups in total. The largest absolute Gasteiger partial charge is 0.326 e. The smallest absolute Gasteiger partial charge is 0.289 e. The van der Waals surface area contributed by atoms with Gasteiger partial charge in [0, 0.05) is 0 Å². The minimum atomic E-state index is -0.273. The van der Waals surface area contributed by atoms with Crippen LogP contribution in [0.5, 0.6) is 0 Å². The zero-order chi connectivity index (χ0) is 9.84. The molecular weight excluding hydrogens is 168 g/mol. The Kier molecular flexibility index (Phi) is 2.79. The zero-order valence-corrected chi connectivity index (χ0v) is 7.88. The Morgan fingerprint density at radius 2 is 1.85 bits per heavy atom. The molecule has 70 valence electrons. The molecule has 0 unspecified atom stereocenters. The molecule has 2 heterocycles. The maximum Gasteiger partial charge on any atom is 0.326 e. The lowest BCUT2D eigenvalue weighted by Crippen LogP contribution is -1.99. The number of imidazole rings is 1. The molecule has 0 atom stereocenters. The van der Waals surface area contributed by atoms with Crippen LogP contribution in [0.15, 0.2) is 11.0 Å². The van der Waals surface area contributed by atoms with Gasteiger partial charge in [-0.1, -0.05) is 13.8 Å². The second kappa shape index (κ2) is 3.84. The molecule has 5 nitrogen and oxygen atoms in total. The molecular formula is C8H12N4O. The van der Waals surface area contributed by atoms with Crippen LogP contribution in [-0.2, 0) is 0 Å². The molecule has 0 bridgehead atoms. The van der Waals surface area contributed by atoms with Gasteiger partial charge in [0.2, 0.25) is 0 Å². The Morgan fingerprint density at radius 3 is 2.54 bits per heavy atom. The molecule has 0 amide bonds. The first-order valence-electron chi connectivity index (χ1n) is 4.17. The van der Waals surface area contributed by atoms with E-state index in [2.05, 4.69) is 19.9 Å². The van der Waals surface area contributed by atoms with Crippen molar-refractivity contribution < 1.29 is 0 Å². The molecule has 0 aliphatic heterocycles. The second-order valence-corrected chi connectivity index (χ2v) is 2.29. The van der Waals surface area contributed by atoms with Crippen molar-refractivity contribution in [3.05, 3.63) is 22.4 Å². The van der Waals surface area contributed by atoms with Crippen LogP contribution in [0.4, 0.5) is 0 Å². The first kappa shape index (κ1) is 9.44. The maximum absolute atomic E-state index is 10.7. The summed E-state index contributed by atoms with van der Waals surface area (Å²) in [5.74, 6) is 0. The molecule has 0 radical (unpaired) electrons. The van der Waals surface area contributed by atoms with E-state index in [4.69, 9.17) is 0 Å². The van der Waals surface area contributed by atoms with E-state index < -0.39 is 0 Å². The number of fused-ring (bicyclic) bond motifs is 1. The van der Waals surface area contributed by atoms with Gasteiger partial charge in [0.25, 0.3) is 0 Å². The quantitative estimate of drug-likeness (QED) is 0.634. The molecule has 0 aromatic carbocycles. The molecule has 0 saturated heterocycles. The Bertz CT molecular complexity index is 443.